The van der Waals surface area contributed by atoms with Crippen LogP contribution < -0.4 is 10.1 Å². The van der Waals surface area contributed by atoms with Gasteiger partial charge in [-0.05, 0) is 18.2 Å². The molecule has 0 aliphatic carbocycles. The van der Waals surface area contributed by atoms with Gasteiger partial charge >= 0.3 is 0 Å². The molecule has 0 fully saturated rings. The summed E-state index contributed by atoms with van der Waals surface area (Å²) >= 11 is 5.48. The molecule has 0 amide bonds. The summed E-state index contributed by atoms with van der Waals surface area (Å²) in [4.78, 5) is 0.186. The van der Waals surface area contributed by atoms with Gasteiger partial charge in [0.25, 0.3) is 0 Å². The minimum Gasteiger partial charge on any atom is -0.495 e. The summed E-state index contributed by atoms with van der Waals surface area (Å²) < 4.78 is 28.0. The Kier molecular flexibility index (Phi) is 5.25. The van der Waals surface area contributed by atoms with Crippen molar-refractivity contribution in [3.8, 4) is 5.75 Å². The van der Waals surface area contributed by atoms with Gasteiger partial charge in [0.15, 0.2) is 9.84 Å². The molecule has 1 unspecified atom stereocenters. The van der Waals surface area contributed by atoms with Crippen molar-refractivity contribution in [2.75, 3.05) is 31.1 Å². The third kappa shape index (κ3) is 4.04. The van der Waals surface area contributed by atoms with Crippen molar-refractivity contribution in [3.05, 3.63) is 18.2 Å². The Balaban J connectivity index is 3.00. The lowest BCUT2D eigenvalue weighted by Gasteiger charge is -2.14. The van der Waals surface area contributed by atoms with Gasteiger partial charge in [-0.25, -0.2) is 8.42 Å². The van der Waals surface area contributed by atoms with Crippen molar-refractivity contribution >= 4 is 27.1 Å². The lowest BCUT2D eigenvalue weighted by atomic mass is 10.2. The first-order chi connectivity index (χ1) is 8.38. The molecule has 7 heteroatoms. The number of ether oxygens (including phenoxy) is 1. The van der Waals surface area contributed by atoms with Gasteiger partial charge in [-0.3, -0.25) is 0 Å². The lowest BCUT2D eigenvalue weighted by molar-refractivity contribution is 0.211. The number of hydrogen-bond acceptors (Lipinski definition) is 5. The van der Waals surface area contributed by atoms with Crippen LogP contribution in [0.2, 0.25) is 0 Å². The second-order valence-corrected chi connectivity index (χ2v) is 6.15. The van der Waals surface area contributed by atoms with E-state index >= 15 is 0 Å². The number of benzene rings is 1. The molecular weight excluding hydrogens is 278 g/mol. The van der Waals surface area contributed by atoms with Gasteiger partial charge in [0, 0.05) is 12.8 Å². The van der Waals surface area contributed by atoms with Gasteiger partial charge in [-0.2, -0.15) is 0 Å². The van der Waals surface area contributed by atoms with E-state index in [2.05, 4.69) is 5.32 Å². The van der Waals surface area contributed by atoms with E-state index in [0.717, 1.165) is 6.26 Å². The van der Waals surface area contributed by atoms with E-state index in [4.69, 9.17) is 16.3 Å². The van der Waals surface area contributed by atoms with Gasteiger partial charge < -0.3 is 15.2 Å². The molecule has 2 N–H and O–H groups in total. The molecule has 0 spiro atoms. The van der Waals surface area contributed by atoms with E-state index in [-0.39, 0.29) is 17.3 Å². The molecular formula is C11H16ClNO4S. The highest BCUT2D eigenvalue weighted by molar-refractivity contribution is 7.90. The molecule has 0 bridgehead atoms. The predicted molar refractivity (Wildman–Crippen MR) is 71.3 cm³/mol. The molecule has 0 heterocycles. The van der Waals surface area contributed by atoms with Crippen LogP contribution in [0, 0.1) is 0 Å². The molecule has 0 aromatic heterocycles. The Hall–Kier alpha value is -0.980. The average Bonchev–Trinajstić information content (AvgIpc) is 2.34. The SMILES string of the molecule is COc1ccc(S(C)(=O)=O)cc1NCC(O)CCl. The van der Waals surface area contributed by atoms with Crippen LogP contribution in [0.15, 0.2) is 23.1 Å². The Labute approximate surface area is 112 Å². The Morgan fingerprint density at radius 2 is 2.17 bits per heavy atom. The van der Waals surface area contributed by atoms with Crippen molar-refractivity contribution in [2.24, 2.45) is 0 Å². The Morgan fingerprint density at radius 1 is 1.50 bits per heavy atom. The normalized spacial score (nSPS) is 13.1. The number of alkyl halides is 1. The summed E-state index contributed by atoms with van der Waals surface area (Å²) in [6.45, 7) is 0.215. The highest BCUT2D eigenvalue weighted by atomic mass is 35.5. The molecule has 1 rings (SSSR count). The summed E-state index contributed by atoms with van der Waals surface area (Å²) in [5.74, 6) is 0.602. The number of aliphatic hydroxyl groups is 1. The standard InChI is InChI=1S/C11H16ClNO4S/c1-17-11-4-3-9(18(2,15)16)5-10(11)13-7-8(14)6-12/h3-5,8,13-14H,6-7H2,1-2H3. The van der Waals surface area contributed by atoms with E-state index in [0.29, 0.717) is 11.4 Å². The molecule has 0 radical (unpaired) electrons. The lowest BCUT2D eigenvalue weighted by Crippen LogP contribution is -2.21. The summed E-state index contributed by atoms with van der Waals surface area (Å²) in [6.07, 6.45) is 0.421. The van der Waals surface area contributed by atoms with Crippen LogP contribution in [0.25, 0.3) is 0 Å². The van der Waals surface area contributed by atoms with E-state index in [9.17, 15) is 13.5 Å². The van der Waals surface area contributed by atoms with Crippen molar-refractivity contribution in [3.63, 3.8) is 0 Å². The fourth-order valence-electron chi connectivity index (χ4n) is 1.34. The Morgan fingerprint density at radius 3 is 2.67 bits per heavy atom. The van der Waals surface area contributed by atoms with Gasteiger partial charge in [-0.1, -0.05) is 0 Å². The van der Waals surface area contributed by atoms with E-state index in [1.165, 1.54) is 19.2 Å². The molecule has 1 atom stereocenters. The van der Waals surface area contributed by atoms with Crippen LogP contribution in [0.4, 0.5) is 5.69 Å². The van der Waals surface area contributed by atoms with Gasteiger partial charge in [-0.15, -0.1) is 11.6 Å². The number of anilines is 1. The van der Waals surface area contributed by atoms with E-state index in [1.807, 2.05) is 0 Å². The molecule has 0 aliphatic heterocycles. The quantitative estimate of drug-likeness (QED) is 0.769. The predicted octanol–water partition coefficient (Wildman–Crippen LogP) is 1.11. The van der Waals surface area contributed by atoms with Crippen LogP contribution in [-0.4, -0.2) is 45.4 Å². The summed E-state index contributed by atoms with van der Waals surface area (Å²) in [7, 11) is -1.79. The molecule has 102 valence electrons. The number of nitrogens with one attached hydrogen (secondary N) is 1. The average molecular weight is 294 g/mol. The number of hydrogen-bond donors (Lipinski definition) is 2. The topological polar surface area (TPSA) is 75.6 Å². The van der Waals surface area contributed by atoms with Crippen LogP contribution in [0.5, 0.6) is 5.75 Å². The van der Waals surface area contributed by atoms with Crippen LogP contribution in [-0.2, 0) is 9.84 Å². The maximum atomic E-state index is 11.4. The number of halogens is 1. The maximum Gasteiger partial charge on any atom is 0.175 e. The summed E-state index contributed by atoms with van der Waals surface area (Å²) in [5.41, 5.74) is 0.504. The van der Waals surface area contributed by atoms with Gasteiger partial charge in [0.1, 0.15) is 5.75 Å². The van der Waals surface area contributed by atoms with E-state index < -0.39 is 15.9 Å². The fraction of sp³-hybridized carbons (Fsp3) is 0.455. The highest BCUT2D eigenvalue weighted by Gasteiger charge is 2.12. The number of rotatable bonds is 6. The third-order valence-electron chi connectivity index (χ3n) is 2.31. The second-order valence-electron chi connectivity index (χ2n) is 3.82. The van der Waals surface area contributed by atoms with Crippen LogP contribution >= 0.6 is 11.6 Å². The third-order valence-corrected chi connectivity index (χ3v) is 3.77. The molecule has 0 saturated heterocycles. The van der Waals surface area contributed by atoms with Gasteiger partial charge in [0.2, 0.25) is 0 Å². The highest BCUT2D eigenvalue weighted by Crippen LogP contribution is 2.27. The number of methoxy groups -OCH3 is 1. The van der Waals surface area contributed by atoms with Gasteiger partial charge in [0.05, 0.1) is 29.7 Å². The molecule has 5 nitrogen and oxygen atoms in total. The largest absolute Gasteiger partial charge is 0.495 e. The minimum atomic E-state index is -3.28. The zero-order valence-electron chi connectivity index (χ0n) is 10.2. The van der Waals surface area contributed by atoms with Crippen molar-refractivity contribution < 1.29 is 18.3 Å². The minimum absolute atomic E-state index is 0.0983. The maximum absolute atomic E-state index is 11.4. The molecule has 0 aliphatic rings. The molecule has 18 heavy (non-hydrogen) atoms. The summed E-state index contributed by atoms with van der Waals surface area (Å²) in [5, 5.41) is 12.3. The van der Waals surface area contributed by atoms with Crippen LogP contribution in [0.1, 0.15) is 0 Å². The number of sulfone groups is 1. The van der Waals surface area contributed by atoms with Crippen molar-refractivity contribution in [1.29, 1.82) is 0 Å². The summed E-state index contributed by atoms with van der Waals surface area (Å²) in [6, 6.07) is 4.50. The zero-order chi connectivity index (χ0) is 13.8. The molecule has 1 aromatic rings. The molecule has 0 saturated carbocycles. The Bertz CT molecular complexity index is 504. The smallest absolute Gasteiger partial charge is 0.175 e. The monoisotopic (exact) mass is 293 g/mol. The first-order valence-corrected chi connectivity index (χ1v) is 7.67. The van der Waals surface area contributed by atoms with Crippen molar-refractivity contribution in [1.82, 2.24) is 0 Å². The number of aliphatic hydroxyl groups excluding tert-OH is 1. The first kappa shape index (κ1) is 15.1. The van der Waals surface area contributed by atoms with E-state index in [1.54, 1.807) is 6.07 Å². The molecule has 1 aromatic carbocycles. The zero-order valence-corrected chi connectivity index (χ0v) is 11.8. The fourth-order valence-corrected chi connectivity index (χ4v) is 2.09. The van der Waals surface area contributed by atoms with Crippen LogP contribution in [0.3, 0.4) is 0 Å². The first-order valence-electron chi connectivity index (χ1n) is 5.24. The second kappa shape index (κ2) is 6.26. The van der Waals surface area contributed by atoms with Crippen molar-refractivity contribution in [2.45, 2.75) is 11.0 Å².